The molecule has 150 valence electrons. The summed E-state index contributed by atoms with van der Waals surface area (Å²) >= 11 is 0. The summed E-state index contributed by atoms with van der Waals surface area (Å²) in [4.78, 5) is 8.57. The van der Waals surface area contributed by atoms with E-state index >= 15 is 0 Å². The zero-order valence-corrected chi connectivity index (χ0v) is 16.5. The molecule has 2 aromatic rings. The lowest BCUT2D eigenvalue weighted by molar-refractivity contribution is 0.143. The Labute approximate surface area is 166 Å². The van der Waals surface area contributed by atoms with E-state index in [-0.39, 0.29) is 0 Å². The number of nitrogens with one attached hydrogen (secondary N) is 2. The smallest absolute Gasteiger partial charge is 0.213 e. The predicted octanol–water partition coefficient (Wildman–Crippen LogP) is 1.95. The number of rotatable bonds is 9. The fourth-order valence-corrected chi connectivity index (χ4v) is 2.96. The van der Waals surface area contributed by atoms with E-state index in [0.29, 0.717) is 25.6 Å². The number of benzene rings is 1. The highest BCUT2D eigenvalue weighted by Gasteiger charge is 2.11. The van der Waals surface area contributed by atoms with E-state index in [1.54, 1.807) is 20.4 Å². The van der Waals surface area contributed by atoms with Gasteiger partial charge in [-0.25, -0.2) is 4.98 Å². The van der Waals surface area contributed by atoms with Gasteiger partial charge >= 0.3 is 0 Å². The van der Waals surface area contributed by atoms with Crippen LogP contribution in [0.5, 0.6) is 11.6 Å². The van der Waals surface area contributed by atoms with E-state index in [0.717, 1.165) is 43.3 Å². The monoisotopic (exact) mass is 384 g/mol. The van der Waals surface area contributed by atoms with Crippen molar-refractivity contribution in [1.82, 2.24) is 15.6 Å². The van der Waals surface area contributed by atoms with Gasteiger partial charge in [0.05, 0.1) is 13.2 Å². The summed E-state index contributed by atoms with van der Waals surface area (Å²) < 4.78 is 16.0. The number of guanidine groups is 1. The minimum atomic E-state index is 0.495. The fraction of sp³-hybridized carbons (Fsp3) is 0.429. The Morgan fingerprint density at radius 1 is 1.18 bits per heavy atom. The van der Waals surface area contributed by atoms with Gasteiger partial charge in [0.1, 0.15) is 12.4 Å². The number of hydrogen-bond acceptors (Lipinski definition) is 5. The molecule has 28 heavy (non-hydrogen) atoms. The molecule has 2 heterocycles. The van der Waals surface area contributed by atoms with Crippen LogP contribution < -0.4 is 20.1 Å². The van der Waals surface area contributed by atoms with E-state index in [9.17, 15) is 0 Å². The molecule has 1 aromatic carbocycles. The Kier molecular flexibility index (Phi) is 7.49. The maximum atomic E-state index is 5.56. The molecule has 0 saturated carbocycles. The molecule has 2 N–H and O–H groups in total. The van der Waals surface area contributed by atoms with E-state index < -0.39 is 0 Å². The van der Waals surface area contributed by atoms with Crippen molar-refractivity contribution in [2.45, 2.75) is 19.4 Å². The fourth-order valence-electron chi connectivity index (χ4n) is 2.96. The third kappa shape index (κ3) is 5.85. The summed E-state index contributed by atoms with van der Waals surface area (Å²) in [5.41, 5.74) is 3.67. The molecule has 0 unspecified atom stereocenters. The molecule has 0 fully saturated rings. The molecule has 1 aliphatic heterocycles. The molecule has 1 aliphatic rings. The summed E-state index contributed by atoms with van der Waals surface area (Å²) in [5.74, 6) is 2.39. The van der Waals surface area contributed by atoms with Gasteiger partial charge in [0.15, 0.2) is 5.96 Å². The first-order chi connectivity index (χ1) is 13.8. The molecule has 7 nitrogen and oxygen atoms in total. The van der Waals surface area contributed by atoms with Crippen LogP contribution in [0, 0.1) is 0 Å². The average Bonchev–Trinajstić information content (AvgIpc) is 3.19. The number of nitrogens with zero attached hydrogens (tertiary/aromatic N) is 2. The Bertz CT molecular complexity index is 778. The minimum absolute atomic E-state index is 0.495. The molecule has 0 aliphatic carbocycles. The van der Waals surface area contributed by atoms with Crippen LogP contribution in [-0.4, -0.2) is 51.5 Å². The second kappa shape index (κ2) is 10.5. The zero-order chi connectivity index (χ0) is 19.6. The van der Waals surface area contributed by atoms with Gasteiger partial charge in [-0.2, -0.15) is 0 Å². The van der Waals surface area contributed by atoms with Crippen molar-refractivity contribution >= 4 is 5.96 Å². The number of pyridine rings is 1. The Hall–Kier alpha value is -2.80. The summed E-state index contributed by atoms with van der Waals surface area (Å²) in [6, 6.07) is 10.3. The maximum Gasteiger partial charge on any atom is 0.213 e. The lowest BCUT2D eigenvalue weighted by Crippen LogP contribution is -2.37. The zero-order valence-electron chi connectivity index (χ0n) is 16.5. The van der Waals surface area contributed by atoms with Crippen molar-refractivity contribution in [1.29, 1.82) is 0 Å². The summed E-state index contributed by atoms with van der Waals surface area (Å²) in [7, 11) is 3.42. The van der Waals surface area contributed by atoms with Crippen LogP contribution in [0.2, 0.25) is 0 Å². The van der Waals surface area contributed by atoms with E-state index in [2.05, 4.69) is 38.8 Å². The third-order valence-electron chi connectivity index (χ3n) is 4.48. The minimum Gasteiger partial charge on any atom is -0.493 e. The van der Waals surface area contributed by atoms with Crippen molar-refractivity contribution in [3.63, 3.8) is 0 Å². The predicted molar refractivity (Wildman–Crippen MR) is 109 cm³/mol. The first kappa shape index (κ1) is 19.9. The van der Waals surface area contributed by atoms with Crippen LogP contribution in [-0.2, 0) is 24.1 Å². The number of ether oxygens (including phenoxy) is 3. The maximum absolute atomic E-state index is 5.56. The molecule has 0 bridgehead atoms. The van der Waals surface area contributed by atoms with Gasteiger partial charge in [-0.05, 0) is 29.2 Å². The van der Waals surface area contributed by atoms with Crippen molar-refractivity contribution in [3.8, 4) is 11.6 Å². The van der Waals surface area contributed by atoms with Crippen molar-refractivity contribution in [2.24, 2.45) is 4.99 Å². The standard InChI is InChI=1S/C21H28N4O3/c1-22-21(23-9-7-16-3-5-19-18(13-16)8-10-27-19)25-15-17-4-6-20(24-14-17)28-12-11-26-2/h3-6,13-14H,7-12,15H2,1-2H3,(H2,22,23,25). The Morgan fingerprint density at radius 2 is 2.07 bits per heavy atom. The third-order valence-corrected chi connectivity index (χ3v) is 4.48. The summed E-state index contributed by atoms with van der Waals surface area (Å²) in [5, 5.41) is 6.65. The Balaban J connectivity index is 1.39. The molecule has 0 spiro atoms. The largest absolute Gasteiger partial charge is 0.493 e. The van der Waals surface area contributed by atoms with Crippen LogP contribution in [0.4, 0.5) is 0 Å². The molecule has 0 saturated heterocycles. The summed E-state index contributed by atoms with van der Waals surface area (Å²) in [6.45, 7) is 3.29. The van der Waals surface area contributed by atoms with Crippen molar-refractivity contribution in [2.75, 3.05) is 40.5 Å². The van der Waals surface area contributed by atoms with Gasteiger partial charge in [0.25, 0.3) is 0 Å². The van der Waals surface area contributed by atoms with Gasteiger partial charge in [-0.1, -0.05) is 18.2 Å². The van der Waals surface area contributed by atoms with Crippen LogP contribution in [0.25, 0.3) is 0 Å². The number of aliphatic imine (C=N–C) groups is 1. The van der Waals surface area contributed by atoms with Gasteiger partial charge in [-0.3, -0.25) is 4.99 Å². The van der Waals surface area contributed by atoms with E-state index in [4.69, 9.17) is 14.2 Å². The quantitative estimate of drug-likeness (QED) is 0.391. The molecule has 7 heteroatoms. The van der Waals surface area contributed by atoms with Crippen LogP contribution in [0.3, 0.4) is 0 Å². The molecule has 0 atom stereocenters. The van der Waals surface area contributed by atoms with E-state index in [1.165, 1.54) is 11.1 Å². The van der Waals surface area contributed by atoms with Gasteiger partial charge < -0.3 is 24.8 Å². The van der Waals surface area contributed by atoms with E-state index in [1.807, 2.05) is 12.1 Å². The lowest BCUT2D eigenvalue weighted by Gasteiger charge is -2.12. The number of hydrogen-bond donors (Lipinski definition) is 2. The number of methoxy groups -OCH3 is 1. The summed E-state index contributed by atoms with van der Waals surface area (Å²) in [6.07, 6.45) is 3.74. The van der Waals surface area contributed by atoms with Crippen molar-refractivity contribution in [3.05, 3.63) is 53.2 Å². The van der Waals surface area contributed by atoms with Crippen LogP contribution in [0.1, 0.15) is 16.7 Å². The molecule has 3 rings (SSSR count). The molecular formula is C21H28N4O3. The molecular weight excluding hydrogens is 356 g/mol. The van der Waals surface area contributed by atoms with Gasteiger partial charge in [-0.15, -0.1) is 0 Å². The van der Waals surface area contributed by atoms with Crippen LogP contribution in [0.15, 0.2) is 41.5 Å². The average molecular weight is 384 g/mol. The van der Waals surface area contributed by atoms with Crippen molar-refractivity contribution < 1.29 is 14.2 Å². The SMILES string of the molecule is CN=C(NCCc1ccc2c(c1)CCO2)NCc1ccc(OCCOC)nc1. The molecule has 1 aromatic heterocycles. The van der Waals surface area contributed by atoms with Gasteiger partial charge in [0.2, 0.25) is 5.88 Å². The Morgan fingerprint density at radius 3 is 2.86 bits per heavy atom. The highest BCUT2D eigenvalue weighted by Crippen LogP contribution is 2.25. The number of aromatic nitrogens is 1. The highest BCUT2D eigenvalue weighted by atomic mass is 16.5. The second-order valence-electron chi connectivity index (χ2n) is 6.49. The normalized spacial score (nSPS) is 13.0. The van der Waals surface area contributed by atoms with Gasteiger partial charge in [0, 0.05) is 45.9 Å². The molecule has 0 amide bonds. The second-order valence-corrected chi connectivity index (χ2v) is 6.49. The first-order valence-corrected chi connectivity index (χ1v) is 9.54. The lowest BCUT2D eigenvalue weighted by atomic mass is 10.1. The molecule has 0 radical (unpaired) electrons. The topological polar surface area (TPSA) is 77.0 Å². The highest BCUT2D eigenvalue weighted by molar-refractivity contribution is 5.79. The first-order valence-electron chi connectivity index (χ1n) is 9.54. The number of fused-ring (bicyclic) bond motifs is 1. The van der Waals surface area contributed by atoms with Crippen LogP contribution >= 0.6 is 0 Å².